The summed E-state index contributed by atoms with van der Waals surface area (Å²) < 4.78 is 5.23. The standard InChI is InChI=1S/C16H24ClNO/c1-3-18-16(12-7-5-4-6-8-12)14-10-9-13(19-2)11-15(14)17/h9-12,16,18H,3-8H2,1-2H3. The highest BCUT2D eigenvalue weighted by molar-refractivity contribution is 6.31. The van der Waals surface area contributed by atoms with Crippen molar-refractivity contribution in [3.05, 3.63) is 28.8 Å². The number of methoxy groups -OCH3 is 1. The summed E-state index contributed by atoms with van der Waals surface area (Å²) in [5, 5.41) is 4.44. The zero-order chi connectivity index (χ0) is 13.7. The Labute approximate surface area is 121 Å². The van der Waals surface area contributed by atoms with Crippen LogP contribution in [-0.2, 0) is 0 Å². The van der Waals surface area contributed by atoms with Gasteiger partial charge in [-0.25, -0.2) is 0 Å². The molecular formula is C16H24ClNO. The van der Waals surface area contributed by atoms with E-state index in [-0.39, 0.29) is 0 Å². The Hall–Kier alpha value is -0.730. The maximum Gasteiger partial charge on any atom is 0.120 e. The highest BCUT2D eigenvalue weighted by Crippen LogP contribution is 2.38. The van der Waals surface area contributed by atoms with E-state index < -0.39 is 0 Å². The van der Waals surface area contributed by atoms with Gasteiger partial charge in [-0.05, 0) is 43.0 Å². The van der Waals surface area contributed by atoms with Crippen molar-refractivity contribution in [2.75, 3.05) is 13.7 Å². The summed E-state index contributed by atoms with van der Waals surface area (Å²) in [6.45, 7) is 3.14. The lowest BCUT2D eigenvalue weighted by Gasteiger charge is -2.31. The third kappa shape index (κ3) is 3.64. The Morgan fingerprint density at radius 3 is 2.63 bits per heavy atom. The first-order valence-electron chi connectivity index (χ1n) is 7.33. The van der Waals surface area contributed by atoms with Crippen molar-refractivity contribution in [1.82, 2.24) is 5.32 Å². The number of hydrogen-bond acceptors (Lipinski definition) is 2. The molecule has 1 aliphatic rings. The summed E-state index contributed by atoms with van der Waals surface area (Å²) in [6.07, 6.45) is 6.69. The van der Waals surface area contributed by atoms with E-state index in [1.807, 2.05) is 12.1 Å². The monoisotopic (exact) mass is 281 g/mol. The van der Waals surface area contributed by atoms with E-state index in [1.165, 1.54) is 37.7 Å². The fourth-order valence-electron chi connectivity index (χ4n) is 3.11. The Morgan fingerprint density at radius 1 is 1.32 bits per heavy atom. The molecule has 1 saturated carbocycles. The molecule has 0 radical (unpaired) electrons. The van der Waals surface area contributed by atoms with Gasteiger partial charge in [0.1, 0.15) is 5.75 Å². The minimum absolute atomic E-state index is 0.378. The van der Waals surface area contributed by atoms with E-state index in [1.54, 1.807) is 7.11 Å². The zero-order valence-corrected chi connectivity index (χ0v) is 12.7. The van der Waals surface area contributed by atoms with E-state index in [2.05, 4.69) is 18.3 Å². The molecule has 1 unspecified atom stereocenters. The minimum Gasteiger partial charge on any atom is -0.497 e. The van der Waals surface area contributed by atoms with Crippen LogP contribution in [-0.4, -0.2) is 13.7 Å². The van der Waals surface area contributed by atoms with Crippen LogP contribution in [0.1, 0.15) is 50.6 Å². The molecular weight excluding hydrogens is 258 g/mol. The van der Waals surface area contributed by atoms with Gasteiger partial charge < -0.3 is 10.1 Å². The maximum absolute atomic E-state index is 6.44. The Morgan fingerprint density at radius 2 is 2.05 bits per heavy atom. The lowest BCUT2D eigenvalue weighted by atomic mass is 9.81. The quantitative estimate of drug-likeness (QED) is 0.853. The normalized spacial score (nSPS) is 18.3. The van der Waals surface area contributed by atoms with E-state index >= 15 is 0 Å². The van der Waals surface area contributed by atoms with E-state index in [0.29, 0.717) is 12.0 Å². The van der Waals surface area contributed by atoms with Crippen LogP contribution in [0, 0.1) is 5.92 Å². The molecule has 0 saturated heterocycles. The van der Waals surface area contributed by atoms with Gasteiger partial charge in [0.2, 0.25) is 0 Å². The summed E-state index contributed by atoms with van der Waals surface area (Å²) in [7, 11) is 1.67. The molecule has 0 aliphatic heterocycles. The van der Waals surface area contributed by atoms with Crippen LogP contribution in [0.15, 0.2) is 18.2 Å². The van der Waals surface area contributed by atoms with Crippen molar-refractivity contribution < 1.29 is 4.74 Å². The van der Waals surface area contributed by atoms with Crippen LogP contribution in [0.2, 0.25) is 5.02 Å². The van der Waals surface area contributed by atoms with Crippen molar-refractivity contribution in [3.8, 4) is 5.75 Å². The smallest absolute Gasteiger partial charge is 0.120 e. The van der Waals surface area contributed by atoms with Crippen LogP contribution in [0.4, 0.5) is 0 Å². The first kappa shape index (κ1) is 14.7. The summed E-state index contributed by atoms with van der Waals surface area (Å²) in [5.74, 6) is 1.53. The molecule has 1 aromatic rings. The molecule has 106 valence electrons. The number of halogens is 1. The molecule has 0 heterocycles. The van der Waals surface area contributed by atoms with Crippen LogP contribution >= 0.6 is 11.6 Å². The second-order valence-corrected chi connectivity index (χ2v) is 5.73. The lowest BCUT2D eigenvalue weighted by molar-refractivity contribution is 0.274. The van der Waals surface area contributed by atoms with Gasteiger partial charge in [-0.1, -0.05) is 43.9 Å². The third-order valence-electron chi connectivity index (χ3n) is 4.09. The molecule has 2 rings (SSSR count). The van der Waals surface area contributed by atoms with Gasteiger partial charge in [0.25, 0.3) is 0 Å². The maximum atomic E-state index is 6.44. The van der Waals surface area contributed by atoms with Gasteiger partial charge in [-0.2, -0.15) is 0 Å². The van der Waals surface area contributed by atoms with Crippen LogP contribution in [0.25, 0.3) is 0 Å². The molecule has 1 aromatic carbocycles. The minimum atomic E-state index is 0.378. The molecule has 3 heteroatoms. The lowest BCUT2D eigenvalue weighted by Crippen LogP contribution is -2.29. The van der Waals surface area contributed by atoms with E-state index in [0.717, 1.165) is 17.3 Å². The molecule has 1 aliphatic carbocycles. The zero-order valence-electron chi connectivity index (χ0n) is 11.9. The first-order chi connectivity index (χ1) is 9.26. The van der Waals surface area contributed by atoms with Gasteiger partial charge >= 0.3 is 0 Å². The Bertz CT molecular complexity index is 402. The molecule has 19 heavy (non-hydrogen) atoms. The van der Waals surface area contributed by atoms with E-state index in [4.69, 9.17) is 16.3 Å². The summed E-state index contributed by atoms with van der Waals surface area (Å²) >= 11 is 6.44. The van der Waals surface area contributed by atoms with Gasteiger partial charge in [-0.15, -0.1) is 0 Å². The second kappa shape index (κ2) is 7.16. The van der Waals surface area contributed by atoms with Crippen molar-refractivity contribution in [3.63, 3.8) is 0 Å². The average molecular weight is 282 g/mol. The van der Waals surface area contributed by atoms with Crippen LogP contribution in [0.3, 0.4) is 0 Å². The fraction of sp³-hybridized carbons (Fsp3) is 0.625. The predicted octanol–water partition coefficient (Wildman–Crippen LogP) is 4.58. The number of rotatable bonds is 5. The van der Waals surface area contributed by atoms with Gasteiger partial charge in [0, 0.05) is 11.1 Å². The predicted molar refractivity (Wildman–Crippen MR) is 81.0 cm³/mol. The van der Waals surface area contributed by atoms with Crippen molar-refractivity contribution in [2.45, 2.75) is 45.1 Å². The molecule has 2 nitrogen and oxygen atoms in total. The van der Waals surface area contributed by atoms with Crippen molar-refractivity contribution in [1.29, 1.82) is 0 Å². The number of hydrogen-bond donors (Lipinski definition) is 1. The van der Waals surface area contributed by atoms with Crippen LogP contribution in [0.5, 0.6) is 5.75 Å². The molecule has 1 N–H and O–H groups in total. The summed E-state index contributed by atoms with van der Waals surface area (Å²) in [4.78, 5) is 0. The number of benzene rings is 1. The number of nitrogens with one attached hydrogen (secondary N) is 1. The molecule has 1 atom stereocenters. The van der Waals surface area contributed by atoms with Crippen molar-refractivity contribution >= 4 is 11.6 Å². The highest BCUT2D eigenvalue weighted by atomic mass is 35.5. The van der Waals surface area contributed by atoms with Gasteiger partial charge in [-0.3, -0.25) is 0 Å². The largest absolute Gasteiger partial charge is 0.497 e. The first-order valence-corrected chi connectivity index (χ1v) is 7.71. The Balaban J connectivity index is 2.22. The van der Waals surface area contributed by atoms with Crippen LogP contribution < -0.4 is 10.1 Å². The third-order valence-corrected chi connectivity index (χ3v) is 4.42. The molecule has 1 fully saturated rings. The van der Waals surface area contributed by atoms with Gasteiger partial charge in [0.15, 0.2) is 0 Å². The topological polar surface area (TPSA) is 21.3 Å². The van der Waals surface area contributed by atoms with E-state index in [9.17, 15) is 0 Å². The summed E-state index contributed by atoms with van der Waals surface area (Å²) in [5.41, 5.74) is 1.22. The molecule has 0 aromatic heterocycles. The van der Waals surface area contributed by atoms with Crippen molar-refractivity contribution in [2.24, 2.45) is 5.92 Å². The molecule has 0 amide bonds. The summed E-state index contributed by atoms with van der Waals surface area (Å²) in [6, 6.07) is 6.42. The fourth-order valence-corrected chi connectivity index (χ4v) is 3.39. The SMILES string of the molecule is CCNC(c1ccc(OC)cc1Cl)C1CCCCC1. The molecule has 0 spiro atoms. The second-order valence-electron chi connectivity index (χ2n) is 5.32. The molecule has 0 bridgehead atoms. The highest BCUT2D eigenvalue weighted by Gasteiger charge is 2.25. The number of ether oxygens (including phenoxy) is 1. The average Bonchev–Trinajstić information content (AvgIpc) is 2.46. The van der Waals surface area contributed by atoms with Gasteiger partial charge in [0.05, 0.1) is 7.11 Å². The Kier molecular flexibility index (Phi) is 5.53.